The van der Waals surface area contributed by atoms with Gasteiger partial charge in [0.05, 0.1) is 26.2 Å². The molecular formula is C25H34FN3O5. The molecule has 3 fully saturated rings. The third-order valence-electron chi connectivity index (χ3n) is 7.26. The van der Waals surface area contributed by atoms with E-state index >= 15 is 0 Å². The number of ether oxygens (including phenoxy) is 2. The molecule has 0 aromatic heterocycles. The molecule has 3 heterocycles. The maximum Gasteiger partial charge on any atom is 0.227 e. The number of rotatable bonds is 7. The van der Waals surface area contributed by atoms with Gasteiger partial charge in [0, 0.05) is 44.6 Å². The predicted molar refractivity (Wildman–Crippen MR) is 123 cm³/mol. The second-order valence-corrected chi connectivity index (χ2v) is 9.59. The van der Waals surface area contributed by atoms with Gasteiger partial charge in [-0.15, -0.1) is 0 Å². The molecule has 0 spiro atoms. The number of piperidine rings is 1. The van der Waals surface area contributed by atoms with Gasteiger partial charge in [-0.05, 0) is 49.8 Å². The van der Waals surface area contributed by atoms with Gasteiger partial charge >= 0.3 is 0 Å². The zero-order valence-electron chi connectivity index (χ0n) is 19.8. The summed E-state index contributed by atoms with van der Waals surface area (Å²) in [7, 11) is 1.42. The number of carbonyl (C=O) groups is 3. The monoisotopic (exact) mass is 475 g/mol. The van der Waals surface area contributed by atoms with Gasteiger partial charge in [0.15, 0.2) is 11.6 Å². The molecule has 3 amide bonds. The third kappa shape index (κ3) is 5.68. The summed E-state index contributed by atoms with van der Waals surface area (Å²) in [6.07, 6.45) is 3.92. The van der Waals surface area contributed by atoms with Gasteiger partial charge in [-0.3, -0.25) is 14.4 Å². The van der Waals surface area contributed by atoms with Crippen molar-refractivity contribution in [2.45, 2.75) is 50.5 Å². The average Bonchev–Trinajstić information content (AvgIpc) is 3.24. The summed E-state index contributed by atoms with van der Waals surface area (Å²) in [6, 6.07) is 4.71. The number of hydrogen-bond donors (Lipinski definition) is 1. The topological polar surface area (TPSA) is 88.2 Å². The van der Waals surface area contributed by atoms with Gasteiger partial charge in [0.1, 0.15) is 0 Å². The van der Waals surface area contributed by atoms with E-state index < -0.39 is 11.4 Å². The van der Waals surface area contributed by atoms with Crippen LogP contribution in [-0.2, 0) is 25.5 Å². The Morgan fingerprint density at radius 2 is 2.03 bits per heavy atom. The van der Waals surface area contributed by atoms with Crippen LogP contribution in [0.5, 0.6) is 5.75 Å². The normalized spacial score (nSPS) is 25.2. The number of amides is 3. The maximum absolute atomic E-state index is 13.8. The molecule has 9 heteroatoms. The molecule has 4 rings (SSSR count). The van der Waals surface area contributed by atoms with Crippen molar-refractivity contribution in [2.75, 3.05) is 46.5 Å². The van der Waals surface area contributed by atoms with Crippen molar-refractivity contribution in [2.24, 2.45) is 5.92 Å². The van der Waals surface area contributed by atoms with Gasteiger partial charge in [0.25, 0.3) is 0 Å². The van der Waals surface area contributed by atoms with Gasteiger partial charge in [-0.1, -0.05) is 6.07 Å². The number of likely N-dealkylation sites (tertiary alicyclic amines) is 1. The molecule has 1 aromatic rings. The van der Waals surface area contributed by atoms with Crippen LogP contribution in [0.2, 0.25) is 0 Å². The Morgan fingerprint density at radius 3 is 2.74 bits per heavy atom. The van der Waals surface area contributed by atoms with Crippen molar-refractivity contribution >= 4 is 17.7 Å². The molecule has 1 N–H and O–H groups in total. The molecule has 0 bridgehead atoms. The summed E-state index contributed by atoms with van der Waals surface area (Å²) < 4.78 is 24.3. The molecule has 3 aliphatic rings. The van der Waals surface area contributed by atoms with E-state index in [1.807, 2.05) is 4.90 Å². The zero-order valence-corrected chi connectivity index (χ0v) is 19.8. The Labute approximate surface area is 199 Å². The van der Waals surface area contributed by atoms with E-state index in [0.29, 0.717) is 65.1 Å². The number of carbonyl (C=O) groups excluding carboxylic acids is 3. The van der Waals surface area contributed by atoms with Crippen LogP contribution in [0.1, 0.15) is 44.1 Å². The predicted octanol–water partition coefficient (Wildman–Crippen LogP) is 1.90. The molecule has 34 heavy (non-hydrogen) atoms. The van der Waals surface area contributed by atoms with Crippen LogP contribution in [-0.4, -0.2) is 79.6 Å². The smallest absolute Gasteiger partial charge is 0.227 e. The summed E-state index contributed by atoms with van der Waals surface area (Å²) in [5.74, 6) is -0.338. The summed E-state index contributed by atoms with van der Waals surface area (Å²) in [5, 5.41) is 3.08. The van der Waals surface area contributed by atoms with E-state index in [0.717, 1.165) is 18.4 Å². The van der Waals surface area contributed by atoms with Gasteiger partial charge in [-0.25, -0.2) is 4.39 Å². The van der Waals surface area contributed by atoms with E-state index in [2.05, 4.69) is 5.32 Å². The first-order chi connectivity index (χ1) is 16.4. The van der Waals surface area contributed by atoms with Crippen LogP contribution in [0.25, 0.3) is 0 Å². The van der Waals surface area contributed by atoms with Crippen molar-refractivity contribution in [3.63, 3.8) is 0 Å². The summed E-state index contributed by atoms with van der Waals surface area (Å²) in [4.78, 5) is 41.8. The first kappa shape index (κ1) is 24.4. The summed E-state index contributed by atoms with van der Waals surface area (Å²) in [5.41, 5.74) is 0.302. The first-order valence-corrected chi connectivity index (χ1v) is 12.2. The lowest BCUT2D eigenvalue weighted by atomic mass is 9.84. The van der Waals surface area contributed by atoms with E-state index in [1.54, 1.807) is 17.0 Å². The number of morpholine rings is 1. The highest BCUT2D eigenvalue weighted by Crippen LogP contribution is 2.32. The summed E-state index contributed by atoms with van der Waals surface area (Å²) in [6.45, 7) is 3.45. The van der Waals surface area contributed by atoms with Crippen LogP contribution in [0.4, 0.5) is 4.39 Å². The average molecular weight is 476 g/mol. The fourth-order valence-corrected chi connectivity index (χ4v) is 5.34. The molecule has 3 saturated heterocycles. The molecule has 8 nitrogen and oxygen atoms in total. The highest BCUT2D eigenvalue weighted by atomic mass is 19.1. The second-order valence-electron chi connectivity index (χ2n) is 9.59. The number of nitrogens with one attached hydrogen (secondary N) is 1. The first-order valence-electron chi connectivity index (χ1n) is 12.2. The molecule has 0 saturated carbocycles. The Balaban J connectivity index is 1.37. The molecule has 0 aliphatic carbocycles. The van der Waals surface area contributed by atoms with E-state index in [4.69, 9.17) is 9.47 Å². The SMILES string of the molecule is COc1cc(C[C@]2(CCC(=O)N3CCC[C@H](C(=O)N4CCOCC4)C3)CCC(=O)N2)ccc1F. The molecule has 0 unspecified atom stereocenters. The number of methoxy groups -OCH3 is 1. The quantitative estimate of drug-likeness (QED) is 0.651. The van der Waals surface area contributed by atoms with E-state index in [-0.39, 0.29) is 35.8 Å². The lowest BCUT2D eigenvalue weighted by Crippen LogP contribution is -2.50. The lowest BCUT2D eigenvalue weighted by Gasteiger charge is -2.37. The summed E-state index contributed by atoms with van der Waals surface area (Å²) >= 11 is 0. The molecular weight excluding hydrogens is 441 g/mol. The van der Waals surface area contributed by atoms with E-state index in [9.17, 15) is 18.8 Å². The highest BCUT2D eigenvalue weighted by molar-refractivity contribution is 5.82. The van der Waals surface area contributed by atoms with Crippen LogP contribution < -0.4 is 10.1 Å². The molecule has 2 atom stereocenters. The highest BCUT2D eigenvalue weighted by Gasteiger charge is 2.39. The van der Waals surface area contributed by atoms with Gasteiger partial charge in [0.2, 0.25) is 17.7 Å². The standard InChI is InChI=1S/C25H34FN3O5/c1-33-21-15-18(4-5-20(21)26)16-25(8-6-22(30)27-25)9-7-23(31)29-10-2-3-19(17-29)24(32)28-11-13-34-14-12-28/h4-5,15,19H,2-3,6-14,16-17H2,1H3,(H,27,30)/t19-,25+/m0/s1. The minimum Gasteiger partial charge on any atom is -0.494 e. The van der Waals surface area contributed by atoms with Crippen molar-refractivity contribution in [1.29, 1.82) is 0 Å². The number of benzene rings is 1. The minimum absolute atomic E-state index is 0.0108. The number of hydrogen-bond acceptors (Lipinski definition) is 5. The van der Waals surface area contributed by atoms with Crippen LogP contribution in [0.3, 0.4) is 0 Å². The Kier molecular flexibility index (Phi) is 7.70. The fourth-order valence-electron chi connectivity index (χ4n) is 5.34. The lowest BCUT2D eigenvalue weighted by molar-refractivity contribution is -0.144. The van der Waals surface area contributed by atoms with E-state index in [1.165, 1.54) is 13.2 Å². The fraction of sp³-hybridized carbons (Fsp3) is 0.640. The molecule has 1 aromatic carbocycles. The third-order valence-corrected chi connectivity index (χ3v) is 7.26. The van der Waals surface area contributed by atoms with Crippen LogP contribution >= 0.6 is 0 Å². The number of nitrogens with zero attached hydrogens (tertiary/aromatic N) is 2. The molecule has 186 valence electrons. The van der Waals surface area contributed by atoms with Gasteiger partial charge < -0.3 is 24.6 Å². The Hall–Kier alpha value is -2.68. The van der Waals surface area contributed by atoms with Crippen molar-refractivity contribution in [1.82, 2.24) is 15.1 Å². The maximum atomic E-state index is 13.8. The molecule has 3 aliphatic heterocycles. The van der Waals surface area contributed by atoms with Crippen LogP contribution in [0, 0.1) is 11.7 Å². The van der Waals surface area contributed by atoms with Gasteiger partial charge in [-0.2, -0.15) is 0 Å². The van der Waals surface area contributed by atoms with Crippen molar-refractivity contribution in [3.05, 3.63) is 29.6 Å². The zero-order chi connectivity index (χ0) is 24.1. The Morgan fingerprint density at radius 1 is 1.24 bits per heavy atom. The minimum atomic E-state index is -0.547. The second kappa shape index (κ2) is 10.7. The van der Waals surface area contributed by atoms with Crippen molar-refractivity contribution < 1.29 is 28.2 Å². The van der Waals surface area contributed by atoms with Crippen LogP contribution in [0.15, 0.2) is 18.2 Å². The molecule has 0 radical (unpaired) electrons. The van der Waals surface area contributed by atoms with Crippen molar-refractivity contribution in [3.8, 4) is 5.75 Å². The number of halogens is 1. The Bertz CT molecular complexity index is 920. The largest absolute Gasteiger partial charge is 0.494 e.